The van der Waals surface area contributed by atoms with Crippen molar-refractivity contribution in [1.82, 2.24) is 0 Å². The normalized spacial score (nSPS) is 17.7. The minimum atomic E-state index is 0.146. The van der Waals surface area contributed by atoms with Crippen LogP contribution >= 0.6 is 15.9 Å². The van der Waals surface area contributed by atoms with Crippen molar-refractivity contribution in [3.8, 4) is 0 Å². The Morgan fingerprint density at radius 2 is 2.11 bits per heavy atom. The van der Waals surface area contributed by atoms with Crippen LogP contribution in [0, 0.1) is 10.8 Å². The Bertz CT molecular complexity index is 480. The van der Waals surface area contributed by atoms with Gasteiger partial charge in [-0.25, -0.2) is 0 Å². The Morgan fingerprint density at radius 3 is 2.63 bits per heavy atom. The second-order valence-electron chi connectivity index (χ2n) is 5.45. The Hall–Kier alpha value is -1.03. The molecule has 1 fully saturated rings. The van der Waals surface area contributed by atoms with E-state index >= 15 is 0 Å². The summed E-state index contributed by atoms with van der Waals surface area (Å²) in [5.41, 5.74) is 8.06. The van der Waals surface area contributed by atoms with E-state index in [4.69, 9.17) is 11.1 Å². The van der Waals surface area contributed by atoms with E-state index in [1.165, 1.54) is 19.3 Å². The monoisotopic (exact) mass is 323 g/mol. The third-order valence-corrected chi connectivity index (χ3v) is 5.02. The van der Waals surface area contributed by atoms with Crippen LogP contribution in [0.3, 0.4) is 0 Å². The van der Waals surface area contributed by atoms with Gasteiger partial charge in [0.2, 0.25) is 0 Å². The van der Waals surface area contributed by atoms with Crippen molar-refractivity contribution in [3.05, 3.63) is 28.2 Å². The van der Waals surface area contributed by atoms with Crippen LogP contribution in [0.1, 0.15) is 38.7 Å². The highest BCUT2D eigenvalue weighted by atomic mass is 79.9. The van der Waals surface area contributed by atoms with Gasteiger partial charge in [-0.15, -0.1) is 0 Å². The smallest absolute Gasteiger partial charge is 0.124 e. The van der Waals surface area contributed by atoms with E-state index in [0.717, 1.165) is 28.8 Å². The molecule has 2 rings (SSSR count). The van der Waals surface area contributed by atoms with Crippen molar-refractivity contribution in [2.24, 2.45) is 11.1 Å². The number of anilines is 1. The molecule has 1 aliphatic rings. The SMILES string of the molecule is CCC1(CC)CCN(c2cc(Br)ccc2C(=N)N)C1. The average Bonchev–Trinajstić information content (AvgIpc) is 2.83. The largest absolute Gasteiger partial charge is 0.384 e. The molecule has 0 bridgehead atoms. The number of benzene rings is 1. The number of rotatable bonds is 4. The number of nitrogen functional groups attached to an aromatic ring is 1. The summed E-state index contributed by atoms with van der Waals surface area (Å²) in [6.07, 6.45) is 3.65. The molecule has 0 spiro atoms. The molecule has 0 amide bonds. The van der Waals surface area contributed by atoms with Gasteiger partial charge in [0, 0.05) is 28.8 Å². The zero-order valence-electron chi connectivity index (χ0n) is 11.7. The van der Waals surface area contributed by atoms with Gasteiger partial charge in [0.05, 0.1) is 0 Å². The van der Waals surface area contributed by atoms with Crippen LogP contribution in [-0.2, 0) is 0 Å². The molecule has 0 aromatic heterocycles. The van der Waals surface area contributed by atoms with Crippen molar-refractivity contribution < 1.29 is 0 Å². The van der Waals surface area contributed by atoms with Gasteiger partial charge in [-0.1, -0.05) is 29.8 Å². The first-order valence-electron chi connectivity index (χ1n) is 6.90. The Kier molecular flexibility index (Phi) is 4.19. The van der Waals surface area contributed by atoms with Gasteiger partial charge < -0.3 is 10.6 Å². The fraction of sp³-hybridized carbons (Fsp3) is 0.533. The predicted octanol–water partition coefficient (Wildman–Crippen LogP) is 3.75. The molecule has 3 N–H and O–H groups in total. The fourth-order valence-electron chi connectivity index (χ4n) is 2.96. The molecule has 0 unspecified atom stereocenters. The van der Waals surface area contributed by atoms with E-state index in [9.17, 15) is 0 Å². The highest BCUT2D eigenvalue weighted by Crippen LogP contribution is 2.40. The number of hydrogen-bond acceptors (Lipinski definition) is 2. The molecular formula is C15H22BrN3. The first-order valence-corrected chi connectivity index (χ1v) is 7.69. The van der Waals surface area contributed by atoms with Crippen molar-refractivity contribution in [2.75, 3.05) is 18.0 Å². The van der Waals surface area contributed by atoms with Crippen LogP contribution in [-0.4, -0.2) is 18.9 Å². The molecule has 0 saturated carbocycles. The van der Waals surface area contributed by atoms with Crippen LogP contribution in [0.15, 0.2) is 22.7 Å². The molecule has 1 aliphatic heterocycles. The Morgan fingerprint density at radius 1 is 1.42 bits per heavy atom. The van der Waals surface area contributed by atoms with Crippen LogP contribution in [0.4, 0.5) is 5.69 Å². The standard InChI is InChI=1S/C15H22BrN3/c1-3-15(4-2)7-8-19(10-15)13-9-11(16)5-6-12(13)14(17)18/h5-6,9H,3-4,7-8,10H2,1-2H3,(H3,17,18). The lowest BCUT2D eigenvalue weighted by Crippen LogP contribution is -2.28. The maximum Gasteiger partial charge on any atom is 0.124 e. The quantitative estimate of drug-likeness (QED) is 0.655. The summed E-state index contributed by atoms with van der Waals surface area (Å²) in [7, 11) is 0. The average molecular weight is 324 g/mol. The first-order chi connectivity index (χ1) is 9.01. The Balaban J connectivity index is 2.33. The number of halogens is 1. The number of amidine groups is 1. The van der Waals surface area contributed by atoms with Crippen LogP contribution in [0.5, 0.6) is 0 Å². The van der Waals surface area contributed by atoms with Gasteiger partial charge >= 0.3 is 0 Å². The van der Waals surface area contributed by atoms with Crippen molar-refractivity contribution in [3.63, 3.8) is 0 Å². The molecule has 104 valence electrons. The number of nitrogens with one attached hydrogen (secondary N) is 1. The molecule has 0 aliphatic carbocycles. The molecule has 1 saturated heterocycles. The Labute approximate surface area is 123 Å². The summed E-state index contributed by atoms with van der Waals surface area (Å²) in [5.74, 6) is 0.146. The molecule has 19 heavy (non-hydrogen) atoms. The maximum atomic E-state index is 7.74. The zero-order valence-corrected chi connectivity index (χ0v) is 13.3. The van der Waals surface area contributed by atoms with Gasteiger partial charge in [0.1, 0.15) is 5.84 Å². The van der Waals surface area contributed by atoms with Gasteiger partial charge in [-0.05, 0) is 42.9 Å². The highest BCUT2D eigenvalue weighted by molar-refractivity contribution is 9.10. The predicted molar refractivity (Wildman–Crippen MR) is 85.0 cm³/mol. The molecule has 4 heteroatoms. The van der Waals surface area contributed by atoms with Crippen LogP contribution in [0.2, 0.25) is 0 Å². The third kappa shape index (κ3) is 2.78. The lowest BCUT2D eigenvalue weighted by atomic mass is 9.82. The fourth-order valence-corrected chi connectivity index (χ4v) is 3.31. The van der Waals surface area contributed by atoms with Gasteiger partial charge in [-0.3, -0.25) is 5.41 Å². The summed E-state index contributed by atoms with van der Waals surface area (Å²) in [5, 5.41) is 7.74. The lowest BCUT2D eigenvalue weighted by molar-refractivity contribution is 0.301. The van der Waals surface area contributed by atoms with Crippen LogP contribution in [0.25, 0.3) is 0 Å². The second kappa shape index (κ2) is 5.53. The summed E-state index contributed by atoms with van der Waals surface area (Å²) in [6, 6.07) is 5.96. The van der Waals surface area contributed by atoms with E-state index in [1.54, 1.807) is 0 Å². The van der Waals surface area contributed by atoms with Gasteiger partial charge in [-0.2, -0.15) is 0 Å². The molecular weight excluding hydrogens is 302 g/mol. The molecule has 1 aromatic carbocycles. The first kappa shape index (κ1) is 14.4. The molecule has 3 nitrogen and oxygen atoms in total. The van der Waals surface area contributed by atoms with Crippen molar-refractivity contribution in [1.29, 1.82) is 5.41 Å². The lowest BCUT2D eigenvalue weighted by Gasteiger charge is -2.28. The summed E-state index contributed by atoms with van der Waals surface area (Å²) < 4.78 is 1.04. The topological polar surface area (TPSA) is 53.1 Å². The summed E-state index contributed by atoms with van der Waals surface area (Å²) in [4.78, 5) is 2.38. The minimum absolute atomic E-state index is 0.146. The van der Waals surface area contributed by atoms with Gasteiger partial charge in [0.15, 0.2) is 0 Å². The third-order valence-electron chi connectivity index (χ3n) is 4.53. The molecule has 1 heterocycles. The van der Waals surface area contributed by atoms with Gasteiger partial charge in [0.25, 0.3) is 0 Å². The maximum absolute atomic E-state index is 7.74. The molecule has 1 aromatic rings. The summed E-state index contributed by atoms with van der Waals surface area (Å²) in [6.45, 7) is 6.68. The highest BCUT2D eigenvalue weighted by Gasteiger charge is 2.35. The molecule has 0 atom stereocenters. The van der Waals surface area contributed by atoms with E-state index in [2.05, 4.69) is 40.7 Å². The molecule has 0 radical (unpaired) electrons. The van der Waals surface area contributed by atoms with E-state index in [-0.39, 0.29) is 5.84 Å². The zero-order chi connectivity index (χ0) is 14.0. The number of hydrogen-bond donors (Lipinski definition) is 2. The minimum Gasteiger partial charge on any atom is -0.384 e. The second-order valence-corrected chi connectivity index (χ2v) is 6.37. The number of nitrogens with two attached hydrogens (primary N) is 1. The summed E-state index contributed by atoms with van der Waals surface area (Å²) >= 11 is 3.52. The van der Waals surface area contributed by atoms with E-state index < -0.39 is 0 Å². The number of nitrogens with zero attached hydrogens (tertiary/aromatic N) is 1. The van der Waals surface area contributed by atoms with Crippen molar-refractivity contribution in [2.45, 2.75) is 33.1 Å². The van der Waals surface area contributed by atoms with E-state index in [0.29, 0.717) is 5.41 Å². The van der Waals surface area contributed by atoms with Crippen LogP contribution < -0.4 is 10.6 Å². The van der Waals surface area contributed by atoms with E-state index in [1.807, 2.05) is 12.1 Å². The van der Waals surface area contributed by atoms with Crippen molar-refractivity contribution >= 4 is 27.5 Å².